The van der Waals surface area contributed by atoms with Crippen LogP contribution in [0.3, 0.4) is 0 Å². The molecule has 4 unspecified atom stereocenters. The number of aromatic hydroxyl groups is 1. The molecule has 1 aromatic carbocycles. The Bertz CT molecular complexity index is 1680. The van der Waals surface area contributed by atoms with Gasteiger partial charge in [0.15, 0.2) is 16.5 Å². The lowest BCUT2D eigenvalue weighted by Gasteiger charge is -2.48. The number of alkyl halides is 4. The number of amides is 3. The van der Waals surface area contributed by atoms with Gasteiger partial charge in [0.25, 0.3) is 11.8 Å². The van der Waals surface area contributed by atoms with E-state index in [9.17, 15) is 32.7 Å². The summed E-state index contributed by atoms with van der Waals surface area (Å²) in [7, 11) is 1.69. The van der Waals surface area contributed by atoms with Gasteiger partial charge in [0, 0.05) is 30.9 Å². The van der Waals surface area contributed by atoms with Crippen molar-refractivity contribution in [3.63, 3.8) is 0 Å². The zero-order valence-corrected chi connectivity index (χ0v) is 27.4. The minimum absolute atomic E-state index is 0.0205. The van der Waals surface area contributed by atoms with E-state index in [0.29, 0.717) is 36.4 Å². The summed E-state index contributed by atoms with van der Waals surface area (Å²) in [5, 5.41) is 21.7. The van der Waals surface area contributed by atoms with E-state index in [-0.39, 0.29) is 64.3 Å². The zero-order valence-electron chi connectivity index (χ0n) is 25.0. The summed E-state index contributed by atoms with van der Waals surface area (Å²) in [5.74, 6) is -1.37. The number of anilines is 1. The average Bonchev–Trinajstić information content (AvgIpc) is 3.65. The molecular formula is C29H31BrClF3N8O4. The van der Waals surface area contributed by atoms with Gasteiger partial charge in [-0.1, -0.05) is 11.6 Å². The summed E-state index contributed by atoms with van der Waals surface area (Å²) in [4.78, 5) is 48.8. The summed E-state index contributed by atoms with van der Waals surface area (Å²) >= 11 is 9.53. The Morgan fingerprint density at radius 2 is 2.00 bits per heavy atom. The first-order chi connectivity index (χ1) is 21.7. The number of benzene rings is 1. The Hall–Kier alpha value is -3.63. The topological polar surface area (TPSA) is 137 Å². The molecular weight excluding hydrogens is 697 g/mol. The summed E-state index contributed by atoms with van der Waals surface area (Å²) < 4.78 is 39.3. The van der Waals surface area contributed by atoms with E-state index in [2.05, 4.69) is 36.4 Å². The van der Waals surface area contributed by atoms with E-state index in [0.717, 1.165) is 31.0 Å². The van der Waals surface area contributed by atoms with E-state index in [1.165, 1.54) is 5.01 Å². The van der Waals surface area contributed by atoms with E-state index in [4.69, 9.17) is 11.6 Å². The van der Waals surface area contributed by atoms with Crippen molar-refractivity contribution in [3.05, 3.63) is 51.4 Å². The first-order valence-electron chi connectivity index (χ1n) is 14.7. The number of rotatable bonds is 7. The highest BCUT2D eigenvalue weighted by Gasteiger charge is 2.53. The van der Waals surface area contributed by atoms with Crippen molar-refractivity contribution in [2.75, 3.05) is 25.5 Å². The highest BCUT2D eigenvalue weighted by atomic mass is 79.9. The summed E-state index contributed by atoms with van der Waals surface area (Å²) in [6, 6.07) is 2.51. The van der Waals surface area contributed by atoms with Gasteiger partial charge < -0.3 is 20.2 Å². The molecule has 0 saturated heterocycles. The zero-order chi connectivity index (χ0) is 33.2. The molecule has 4 atom stereocenters. The average molecular weight is 728 g/mol. The summed E-state index contributed by atoms with van der Waals surface area (Å²) in [5.41, 5.74) is 0.630. The lowest BCUT2D eigenvalue weighted by Crippen LogP contribution is -2.57. The van der Waals surface area contributed by atoms with Gasteiger partial charge >= 0.3 is 6.18 Å². The Balaban J connectivity index is 1.27. The van der Waals surface area contributed by atoms with E-state index < -0.39 is 22.7 Å². The molecule has 12 nitrogen and oxygen atoms in total. The molecule has 2 aliphatic heterocycles. The number of aryl methyl sites for hydroxylation is 1. The molecule has 2 aliphatic carbocycles. The van der Waals surface area contributed by atoms with E-state index >= 15 is 0 Å². The van der Waals surface area contributed by atoms with Crippen molar-refractivity contribution < 1.29 is 32.7 Å². The molecule has 246 valence electrons. The van der Waals surface area contributed by atoms with Crippen LogP contribution in [0.2, 0.25) is 5.02 Å². The molecule has 1 aromatic heterocycles. The van der Waals surface area contributed by atoms with Gasteiger partial charge in [-0.15, -0.1) is 0 Å². The molecule has 4 aliphatic rings. The number of hydrogen-bond donors (Lipinski definition) is 3. The normalized spacial score (nSPS) is 24.5. The van der Waals surface area contributed by atoms with Crippen LogP contribution in [0.25, 0.3) is 0 Å². The fraction of sp³-hybridized carbons (Fsp3) is 0.483. The molecule has 17 heteroatoms. The lowest BCUT2D eigenvalue weighted by molar-refractivity contribution is -0.137. The SMILES string of the molecule is CCN(C(=O)c1[nH]nc(C)c1O)C1CCC1C1CCC2=C1C(=O)N1C(=NC(Br)N1C)N2CC(=O)Nc1ccc(C(F)(F)F)cc1Cl. The van der Waals surface area contributed by atoms with Crippen LogP contribution in [0.1, 0.15) is 54.4 Å². The van der Waals surface area contributed by atoms with Crippen LogP contribution in [0.15, 0.2) is 34.5 Å². The molecule has 6 rings (SSSR count). The number of hydrogen-bond acceptors (Lipinski definition) is 8. The van der Waals surface area contributed by atoms with Crippen molar-refractivity contribution in [2.45, 2.75) is 56.8 Å². The second kappa shape index (κ2) is 11.9. The van der Waals surface area contributed by atoms with Gasteiger partial charge in [-0.3, -0.25) is 19.5 Å². The molecule has 3 amide bonds. The van der Waals surface area contributed by atoms with Crippen molar-refractivity contribution in [3.8, 4) is 5.75 Å². The number of aromatic nitrogens is 2. The Morgan fingerprint density at radius 1 is 1.26 bits per heavy atom. The third-order valence-electron chi connectivity index (χ3n) is 9.21. The highest BCUT2D eigenvalue weighted by Crippen LogP contribution is 2.50. The lowest BCUT2D eigenvalue weighted by atomic mass is 9.68. The molecule has 0 radical (unpaired) electrons. The minimum Gasteiger partial charge on any atom is -0.504 e. The maximum Gasteiger partial charge on any atom is 0.416 e. The summed E-state index contributed by atoms with van der Waals surface area (Å²) in [6.45, 7) is 3.58. The number of nitrogens with one attached hydrogen (secondary N) is 2. The molecule has 0 spiro atoms. The number of carbonyl (C=O) groups excluding carboxylic acids is 3. The second-order valence-electron chi connectivity index (χ2n) is 11.7. The fourth-order valence-corrected chi connectivity index (χ4v) is 7.40. The summed E-state index contributed by atoms with van der Waals surface area (Å²) in [6.07, 6.45) is -1.98. The molecule has 46 heavy (non-hydrogen) atoms. The number of fused-ring (bicyclic) bond motifs is 1. The van der Waals surface area contributed by atoms with Crippen LogP contribution in [-0.2, 0) is 15.8 Å². The van der Waals surface area contributed by atoms with Crippen LogP contribution in [-0.4, -0.2) is 90.1 Å². The van der Waals surface area contributed by atoms with Crippen LogP contribution in [0, 0.1) is 18.8 Å². The number of H-pyrrole nitrogens is 1. The fourth-order valence-electron chi connectivity index (χ4n) is 6.80. The second-order valence-corrected chi connectivity index (χ2v) is 12.9. The third kappa shape index (κ3) is 5.33. The number of guanidine groups is 1. The van der Waals surface area contributed by atoms with Crippen LogP contribution < -0.4 is 5.32 Å². The maximum absolute atomic E-state index is 14.1. The largest absolute Gasteiger partial charge is 0.504 e. The maximum atomic E-state index is 14.1. The van der Waals surface area contributed by atoms with Crippen molar-refractivity contribution in [1.29, 1.82) is 0 Å². The van der Waals surface area contributed by atoms with Gasteiger partial charge in [0.1, 0.15) is 12.2 Å². The molecule has 0 bridgehead atoms. The van der Waals surface area contributed by atoms with Gasteiger partial charge in [-0.05, 0) is 85.5 Å². The number of aliphatic imine (C=N–C) groups is 1. The molecule has 1 fully saturated rings. The van der Waals surface area contributed by atoms with Gasteiger partial charge in [0.05, 0.1) is 16.3 Å². The monoisotopic (exact) mass is 726 g/mol. The van der Waals surface area contributed by atoms with Gasteiger partial charge in [-0.25, -0.2) is 10.0 Å². The quantitative estimate of drug-likeness (QED) is 0.279. The molecule has 3 heterocycles. The van der Waals surface area contributed by atoms with Crippen molar-refractivity contribution in [2.24, 2.45) is 16.8 Å². The highest BCUT2D eigenvalue weighted by molar-refractivity contribution is 9.09. The van der Waals surface area contributed by atoms with Gasteiger partial charge in [-0.2, -0.15) is 23.3 Å². The van der Waals surface area contributed by atoms with Crippen LogP contribution >= 0.6 is 27.5 Å². The predicted octanol–water partition coefficient (Wildman–Crippen LogP) is 4.68. The first kappa shape index (κ1) is 32.3. The van der Waals surface area contributed by atoms with Crippen molar-refractivity contribution in [1.82, 2.24) is 30.0 Å². The number of carbonyl (C=O) groups is 3. The van der Waals surface area contributed by atoms with Crippen molar-refractivity contribution >= 4 is 56.9 Å². The van der Waals surface area contributed by atoms with Crippen LogP contribution in [0.5, 0.6) is 5.75 Å². The first-order valence-corrected chi connectivity index (χ1v) is 16.0. The Morgan fingerprint density at radius 3 is 2.59 bits per heavy atom. The van der Waals surface area contributed by atoms with E-state index in [1.54, 1.807) is 28.8 Å². The number of allylic oxidation sites excluding steroid dienone is 1. The van der Waals surface area contributed by atoms with E-state index in [1.807, 2.05) is 6.92 Å². The standard InChI is InChI=1S/C29H31BrClF3N8O4/c1-4-40(26(46)23-24(44)13(2)37-38-23)19-9-6-15(19)16-7-10-20-22(16)25(45)42-28(36-27(30)39(42)3)41(20)12-21(43)35-18-8-5-14(11-17(18)31)29(32,33)34/h5,8,11,15-16,19,27,44H,4,6-7,9-10,12H2,1-3H3,(H,35,43)(H,37,38). The minimum atomic E-state index is -4.59. The molecule has 1 saturated carbocycles. The van der Waals surface area contributed by atoms with Crippen LogP contribution in [0.4, 0.5) is 18.9 Å². The predicted molar refractivity (Wildman–Crippen MR) is 165 cm³/mol. The number of nitrogens with zero attached hydrogens (tertiary/aromatic N) is 6. The van der Waals surface area contributed by atoms with Gasteiger partial charge in [0.2, 0.25) is 11.9 Å². The number of halogens is 5. The smallest absolute Gasteiger partial charge is 0.416 e. The third-order valence-corrected chi connectivity index (χ3v) is 10.3. The molecule has 3 N–H and O–H groups in total. The Labute approximate surface area is 275 Å². The molecule has 2 aromatic rings. The number of aromatic amines is 1. The Kier molecular flexibility index (Phi) is 8.34. The number of hydrazine groups is 1.